The fourth-order valence-electron chi connectivity index (χ4n) is 3.21. The Morgan fingerprint density at radius 2 is 1.83 bits per heavy atom. The third-order valence-corrected chi connectivity index (χ3v) is 4.61. The maximum Gasteiger partial charge on any atom is 0.0564 e. The number of aliphatic hydroxyl groups is 1. The number of benzene rings is 1. The van der Waals surface area contributed by atoms with Crippen molar-refractivity contribution >= 4 is 0 Å². The van der Waals surface area contributed by atoms with Crippen LogP contribution in [0.2, 0.25) is 0 Å². The predicted molar refractivity (Wildman–Crippen MR) is 92.9 cm³/mol. The first-order valence-electron chi connectivity index (χ1n) is 8.49. The van der Waals surface area contributed by atoms with Gasteiger partial charge in [-0.3, -0.25) is 4.90 Å². The van der Waals surface area contributed by atoms with Gasteiger partial charge in [-0.15, -0.1) is 0 Å². The van der Waals surface area contributed by atoms with Gasteiger partial charge in [0.1, 0.15) is 0 Å². The molecule has 3 rings (SSSR count). The molecule has 0 spiro atoms. The van der Waals surface area contributed by atoms with E-state index in [-0.39, 0.29) is 6.10 Å². The highest BCUT2D eigenvalue weighted by Gasteiger charge is 2.17. The molecule has 124 valence electrons. The Labute approximate surface area is 138 Å². The largest absolute Gasteiger partial charge is 0.393 e. The van der Waals surface area contributed by atoms with Gasteiger partial charge in [0.25, 0.3) is 0 Å². The molecule has 1 fully saturated rings. The summed E-state index contributed by atoms with van der Waals surface area (Å²) in [6, 6.07) is 10.8. The first-order valence-corrected chi connectivity index (χ1v) is 8.49. The monoisotopic (exact) mass is 313 g/mol. The summed E-state index contributed by atoms with van der Waals surface area (Å²) in [5, 5.41) is 13.2. The van der Waals surface area contributed by atoms with Crippen molar-refractivity contribution in [3.63, 3.8) is 0 Å². The SMILES string of the molecule is Cn1ccc(CNCc2ccccc2CN2CCC(O)CC2)c1. The van der Waals surface area contributed by atoms with Crippen LogP contribution in [0.4, 0.5) is 0 Å². The molecule has 1 aromatic heterocycles. The second-order valence-corrected chi connectivity index (χ2v) is 6.56. The van der Waals surface area contributed by atoms with Crippen molar-refractivity contribution in [1.29, 1.82) is 0 Å². The second-order valence-electron chi connectivity index (χ2n) is 6.56. The number of hydrogen-bond donors (Lipinski definition) is 2. The van der Waals surface area contributed by atoms with Gasteiger partial charge in [0.2, 0.25) is 0 Å². The molecule has 0 saturated carbocycles. The minimum absolute atomic E-state index is 0.103. The fraction of sp³-hybridized carbons (Fsp3) is 0.474. The Morgan fingerprint density at radius 3 is 2.52 bits per heavy atom. The predicted octanol–water partition coefficient (Wildman–Crippen LogP) is 2.27. The van der Waals surface area contributed by atoms with E-state index in [1.54, 1.807) is 0 Å². The summed E-state index contributed by atoms with van der Waals surface area (Å²) in [5.41, 5.74) is 4.08. The summed E-state index contributed by atoms with van der Waals surface area (Å²) in [4.78, 5) is 2.45. The summed E-state index contributed by atoms with van der Waals surface area (Å²) in [5.74, 6) is 0. The Bertz CT molecular complexity index is 615. The molecule has 2 heterocycles. The molecule has 2 N–H and O–H groups in total. The highest BCUT2D eigenvalue weighted by atomic mass is 16.3. The molecule has 0 bridgehead atoms. The van der Waals surface area contributed by atoms with Crippen LogP contribution >= 0.6 is 0 Å². The van der Waals surface area contributed by atoms with E-state index in [4.69, 9.17) is 0 Å². The van der Waals surface area contributed by atoms with Gasteiger partial charge in [-0.1, -0.05) is 24.3 Å². The van der Waals surface area contributed by atoms with Crippen LogP contribution in [0.1, 0.15) is 29.5 Å². The Balaban J connectivity index is 1.54. The molecular weight excluding hydrogens is 286 g/mol. The van der Waals surface area contributed by atoms with Crippen LogP contribution in [0.3, 0.4) is 0 Å². The van der Waals surface area contributed by atoms with Gasteiger partial charge < -0.3 is 15.0 Å². The zero-order chi connectivity index (χ0) is 16.1. The van der Waals surface area contributed by atoms with Crippen molar-refractivity contribution in [2.45, 2.75) is 38.6 Å². The van der Waals surface area contributed by atoms with Crippen LogP contribution < -0.4 is 5.32 Å². The smallest absolute Gasteiger partial charge is 0.0564 e. The van der Waals surface area contributed by atoms with Gasteiger partial charge >= 0.3 is 0 Å². The van der Waals surface area contributed by atoms with Crippen LogP contribution in [-0.4, -0.2) is 33.8 Å². The molecule has 0 unspecified atom stereocenters. The third kappa shape index (κ3) is 4.67. The van der Waals surface area contributed by atoms with Gasteiger partial charge in [-0.25, -0.2) is 0 Å². The molecule has 1 aromatic carbocycles. The summed E-state index contributed by atoms with van der Waals surface area (Å²) in [7, 11) is 2.05. The standard InChI is InChI=1S/C19H27N3O/c1-21-9-6-16(14-21)12-20-13-17-4-2-3-5-18(17)15-22-10-7-19(23)8-11-22/h2-6,9,14,19-20,23H,7-8,10-13,15H2,1H3. The van der Waals surface area contributed by atoms with E-state index >= 15 is 0 Å². The Morgan fingerprint density at radius 1 is 1.09 bits per heavy atom. The number of rotatable bonds is 6. The molecule has 4 nitrogen and oxygen atoms in total. The lowest BCUT2D eigenvalue weighted by Gasteiger charge is -2.30. The zero-order valence-corrected chi connectivity index (χ0v) is 13.9. The van der Waals surface area contributed by atoms with Crippen molar-refractivity contribution in [3.8, 4) is 0 Å². The van der Waals surface area contributed by atoms with E-state index in [0.717, 1.165) is 45.6 Å². The lowest BCUT2D eigenvalue weighted by Crippen LogP contribution is -2.35. The minimum atomic E-state index is -0.103. The van der Waals surface area contributed by atoms with Gasteiger partial charge in [-0.05, 0) is 35.6 Å². The van der Waals surface area contributed by atoms with E-state index < -0.39 is 0 Å². The molecule has 0 atom stereocenters. The normalized spacial score (nSPS) is 16.8. The molecule has 2 aromatic rings. The van der Waals surface area contributed by atoms with Gasteiger partial charge in [0.15, 0.2) is 0 Å². The zero-order valence-electron chi connectivity index (χ0n) is 13.9. The highest BCUT2D eigenvalue weighted by Crippen LogP contribution is 2.16. The quantitative estimate of drug-likeness (QED) is 0.859. The minimum Gasteiger partial charge on any atom is -0.393 e. The van der Waals surface area contributed by atoms with Crippen molar-refractivity contribution in [1.82, 2.24) is 14.8 Å². The maximum absolute atomic E-state index is 9.64. The Kier molecular flexibility index (Phi) is 5.49. The summed E-state index contributed by atoms with van der Waals surface area (Å²) in [6.07, 6.45) is 5.92. The van der Waals surface area contributed by atoms with Gasteiger partial charge in [0, 0.05) is 52.2 Å². The van der Waals surface area contributed by atoms with Crippen LogP contribution in [0.15, 0.2) is 42.7 Å². The average molecular weight is 313 g/mol. The number of nitrogens with zero attached hydrogens (tertiary/aromatic N) is 2. The number of aromatic nitrogens is 1. The lowest BCUT2D eigenvalue weighted by atomic mass is 10.0. The number of aliphatic hydroxyl groups excluding tert-OH is 1. The number of aryl methyl sites for hydroxylation is 1. The van der Waals surface area contributed by atoms with Crippen LogP contribution in [0, 0.1) is 0 Å². The fourth-order valence-corrected chi connectivity index (χ4v) is 3.21. The third-order valence-electron chi connectivity index (χ3n) is 4.61. The topological polar surface area (TPSA) is 40.4 Å². The summed E-state index contributed by atoms with van der Waals surface area (Å²) < 4.78 is 2.08. The van der Waals surface area contributed by atoms with E-state index in [2.05, 4.69) is 57.5 Å². The van der Waals surface area contributed by atoms with E-state index in [1.807, 2.05) is 7.05 Å². The van der Waals surface area contributed by atoms with Crippen LogP contribution in [0.5, 0.6) is 0 Å². The number of nitrogens with one attached hydrogen (secondary N) is 1. The van der Waals surface area contributed by atoms with Gasteiger partial charge in [0.05, 0.1) is 6.10 Å². The molecule has 1 saturated heterocycles. The maximum atomic E-state index is 9.64. The molecule has 4 heteroatoms. The summed E-state index contributed by atoms with van der Waals surface area (Å²) >= 11 is 0. The molecule has 23 heavy (non-hydrogen) atoms. The summed E-state index contributed by atoms with van der Waals surface area (Å²) in [6.45, 7) is 4.75. The Hall–Kier alpha value is -1.62. The molecule has 0 aliphatic carbocycles. The highest BCUT2D eigenvalue weighted by molar-refractivity contribution is 5.27. The first-order chi connectivity index (χ1) is 11.2. The lowest BCUT2D eigenvalue weighted by molar-refractivity contribution is 0.0791. The average Bonchev–Trinajstić information content (AvgIpc) is 2.97. The second kappa shape index (κ2) is 7.77. The first kappa shape index (κ1) is 16.2. The van der Waals surface area contributed by atoms with E-state index in [0.29, 0.717) is 0 Å². The molecular formula is C19H27N3O. The number of hydrogen-bond acceptors (Lipinski definition) is 3. The number of likely N-dealkylation sites (tertiary alicyclic amines) is 1. The molecule has 0 amide bonds. The van der Waals surface area contributed by atoms with E-state index in [9.17, 15) is 5.11 Å². The molecule has 0 radical (unpaired) electrons. The van der Waals surface area contributed by atoms with E-state index in [1.165, 1.54) is 16.7 Å². The van der Waals surface area contributed by atoms with Crippen LogP contribution in [-0.2, 0) is 26.7 Å². The molecule has 1 aliphatic heterocycles. The van der Waals surface area contributed by atoms with Crippen molar-refractivity contribution in [2.24, 2.45) is 7.05 Å². The van der Waals surface area contributed by atoms with Crippen molar-refractivity contribution in [2.75, 3.05) is 13.1 Å². The van der Waals surface area contributed by atoms with Crippen molar-refractivity contribution in [3.05, 3.63) is 59.4 Å². The van der Waals surface area contributed by atoms with Crippen LogP contribution in [0.25, 0.3) is 0 Å². The number of piperidine rings is 1. The van der Waals surface area contributed by atoms with Crippen molar-refractivity contribution < 1.29 is 5.11 Å². The molecule has 1 aliphatic rings. The van der Waals surface area contributed by atoms with Gasteiger partial charge in [-0.2, -0.15) is 0 Å².